The fourth-order valence-electron chi connectivity index (χ4n) is 3.79. The minimum atomic E-state index is -2.48. The van der Waals surface area contributed by atoms with Crippen LogP contribution in [0.2, 0.25) is 6.04 Å². The minimum Gasteiger partial charge on any atom is -0.466 e. The number of esters is 2. The number of rotatable bonds is 26. The summed E-state index contributed by atoms with van der Waals surface area (Å²) in [6, 6.07) is 0.903. The second-order valence-corrected chi connectivity index (χ2v) is 11.5. The molecule has 0 saturated heterocycles. The highest BCUT2D eigenvalue weighted by molar-refractivity contribution is 6.60. The molecule has 0 saturated carbocycles. The fraction of sp³-hybridized carbons (Fsp3) is 0.852. The van der Waals surface area contributed by atoms with Crippen molar-refractivity contribution >= 4 is 20.7 Å². The SMILES string of the molecule is C=CC(=O)OC(C)COCCCC(=O)OCCCCCCCCCCC[Si](OCC)(OCC)OCC. The third-order valence-corrected chi connectivity index (χ3v) is 8.64. The van der Waals surface area contributed by atoms with Crippen LogP contribution in [-0.2, 0) is 37.1 Å². The minimum absolute atomic E-state index is 0.185. The van der Waals surface area contributed by atoms with E-state index in [-0.39, 0.29) is 12.1 Å². The largest absolute Gasteiger partial charge is 0.500 e. The van der Waals surface area contributed by atoms with Crippen LogP contribution in [0.25, 0.3) is 0 Å². The van der Waals surface area contributed by atoms with Crippen molar-refractivity contribution in [2.75, 3.05) is 39.6 Å². The van der Waals surface area contributed by atoms with Crippen molar-refractivity contribution in [1.29, 1.82) is 0 Å². The van der Waals surface area contributed by atoms with Crippen LogP contribution >= 0.6 is 0 Å². The summed E-state index contributed by atoms with van der Waals surface area (Å²) in [5.74, 6) is -0.651. The van der Waals surface area contributed by atoms with E-state index in [4.69, 9.17) is 27.5 Å². The lowest BCUT2D eigenvalue weighted by molar-refractivity contribution is -0.145. The van der Waals surface area contributed by atoms with Gasteiger partial charge in [-0.25, -0.2) is 4.79 Å². The summed E-state index contributed by atoms with van der Waals surface area (Å²) < 4.78 is 33.4. The summed E-state index contributed by atoms with van der Waals surface area (Å²) in [5, 5.41) is 0. The molecule has 9 heteroatoms. The van der Waals surface area contributed by atoms with Crippen molar-refractivity contribution in [3.05, 3.63) is 12.7 Å². The summed E-state index contributed by atoms with van der Waals surface area (Å²) in [5.41, 5.74) is 0. The third kappa shape index (κ3) is 19.9. The van der Waals surface area contributed by atoms with Gasteiger partial charge in [-0.2, -0.15) is 0 Å². The Morgan fingerprint density at radius 1 is 0.778 bits per heavy atom. The number of carbonyl (C=O) groups excluding carboxylic acids is 2. The van der Waals surface area contributed by atoms with Gasteiger partial charge in [0.1, 0.15) is 6.10 Å². The van der Waals surface area contributed by atoms with Gasteiger partial charge >= 0.3 is 20.7 Å². The first-order chi connectivity index (χ1) is 17.4. The molecule has 36 heavy (non-hydrogen) atoms. The van der Waals surface area contributed by atoms with Crippen molar-refractivity contribution < 1.29 is 37.1 Å². The maximum absolute atomic E-state index is 11.8. The zero-order valence-electron chi connectivity index (χ0n) is 23.4. The Morgan fingerprint density at radius 2 is 1.31 bits per heavy atom. The molecule has 0 bridgehead atoms. The molecular weight excluding hydrogens is 480 g/mol. The zero-order chi connectivity index (χ0) is 26.9. The van der Waals surface area contributed by atoms with Crippen molar-refractivity contribution in [2.45, 2.75) is 110 Å². The lowest BCUT2D eigenvalue weighted by Gasteiger charge is -2.28. The molecule has 1 atom stereocenters. The summed E-state index contributed by atoms with van der Waals surface area (Å²) in [6.45, 7) is 14.2. The molecule has 0 rings (SSSR count). The van der Waals surface area contributed by atoms with Crippen LogP contribution in [-0.4, -0.2) is 66.5 Å². The van der Waals surface area contributed by atoms with E-state index in [0.717, 1.165) is 31.4 Å². The molecule has 0 aromatic rings. The first-order valence-electron chi connectivity index (χ1n) is 13.9. The molecule has 1 unspecified atom stereocenters. The molecule has 0 spiro atoms. The van der Waals surface area contributed by atoms with Gasteiger partial charge in [0.15, 0.2) is 0 Å². The first kappa shape index (κ1) is 34.7. The summed E-state index contributed by atoms with van der Waals surface area (Å²) in [7, 11) is -2.48. The number of unbranched alkanes of at least 4 members (excludes halogenated alkanes) is 8. The predicted octanol–water partition coefficient (Wildman–Crippen LogP) is 6.00. The molecule has 0 radical (unpaired) electrons. The van der Waals surface area contributed by atoms with Gasteiger partial charge in [0, 0.05) is 45.0 Å². The number of hydrogen-bond acceptors (Lipinski definition) is 8. The second-order valence-electron chi connectivity index (χ2n) is 8.76. The Kier molecular flexibility index (Phi) is 23.2. The van der Waals surface area contributed by atoms with E-state index >= 15 is 0 Å². The number of carbonyl (C=O) groups is 2. The molecule has 0 N–H and O–H groups in total. The van der Waals surface area contributed by atoms with Gasteiger partial charge in [0.25, 0.3) is 0 Å². The average molecular weight is 533 g/mol. The quantitative estimate of drug-likeness (QED) is 0.0580. The lowest BCUT2D eigenvalue weighted by atomic mass is 10.1. The highest BCUT2D eigenvalue weighted by Crippen LogP contribution is 2.21. The Bertz CT molecular complexity index is 541. The topological polar surface area (TPSA) is 89.5 Å². The molecule has 0 heterocycles. The number of ether oxygens (including phenoxy) is 3. The zero-order valence-corrected chi connectivity index (χ0v) is 24.4. The summed E-state index contributed by atoms with van der Waals surface area (Å²) >= 11 is 0. The van der Waals surface area contributed by atoms with Crippen LogP contribution < -0.4 is 0 Å². The van der Waals surface area contributed by atoms with Gasteiger partial charge in [0.2, 0.25) is 0 Å². The summed E-state index contributed by atoms with van der Waals surface area (Å²) in [4.78, 5) is 22.8. The monoisotopic (exact) mass is 532 g/mol. The molecule has 0 fully saturated rings. The normalized spacial score (nSPS) is 12.3. The maximum Gasteiger partial charge on any atom is 0.500 e. The van der Waals surface area contributed by atoms with Gasteiger partial charge in [0.05, 0.1) is 13.2 Å². The molecular formula is C27H52O8Si. The molecule has 0 aliphatic carbocycles. The van der Waals surface area contributed by atoms with E-state index in [9.17, 15) is 9.59 Å². The lowest BCUT2D eigenvalue weighted by Crippen LogP contribution is -2.45. The Morgan fingerprint density at radius 3 is 1.83 bits per heavy atom. The second kappa shape index (κ2) is 24.1. The number of hydrogen-bond donors (Lipinski definition) is 0. The van der Waals surface area contributed by atoms with Crippen LogP contribution in [0.5, 0.6) is 0 Å². The Labute approximate surface area is 220 Å². The van der Waals surface area contributed by atoms with Crippen molar-refractivity contribution in [3.63, 3.8) is 0 Å². The van der Waals surface area contributed by atoms with E-state index in [0.29, 0.717) is 52.5 Å². The van der Waals surface area contributed by atoms with Gasteiger partial charge in [-0.15, -0.1) is 0 Å². The van der Waals surface area contributed by atoms with Crippen molar-refractivity contribution in [1.82, 2.24) is 0 Å². The highest BCUT2D eigenvalue weighted by atomic mass is 28.4. The third-order valence-electron chi connectivity index (χ3n) is 5.49. The predicted molar refractivity (Wildman–Crippen MR) is 144 cm³/mol. The van der Waals surface area contributed by atoms with Crippen LogP contribution in [0.1, 0.15) is 98.3 Å². The van der Waals surface area contributed by atoms with E-state index in [1.807, 2.05) is 20.8 Å². The molecule has 0 amide bonds. The van der Waals surface area contributed by atoms with Gasteiger partial charge in [-0.1, -0.05) is 51.5 Å². The average Bonchev–Trinajstić information content (AvgIpc) is 2.84. The first-order valence-corrected chi connectivity index (χ1v) is 15.8. The van der Waals surface area contributed by atoms with E-state index < -0.39 is 14.8 Å². The van der Waals surface area contributed by atoms with Gasteiger partial charge < -0.3 is 27.5 Å². The van der Waals surface area contributed by atoms with Crippen LogP contribution in [0, 0.1) is 0 Å². The smallest absolute Gasteiger partial charge is 0.466 e. The van der Waals surface area contributed by atoms with E-state index in [1.165, 1.54) is 38.5 Å². The molecule has 0 aromatic heterocycles. The summed E-state index contributed by atoms with van der Waals surface area (Å²) in [6.07, 6.45) is 12.1. The van der Waals surface area contributed by atoms with E-state index in [1.54, 1.807) is 6.92 Å². The van der Waals surface area contributed by atoms with E-state index in [2.05, 4.69) is 6.58 Å². The maximum atomic E-state index is 11.8. The molecule has 0 aromatic carbocycles. The van der Waals surface area contributed by atoms with Crippen LogP contribution in [0.15, 0.2) is 12.7 Å². The van der Waals surface area contributed by atoms with Crippen LogP contribution in [0.3, 0.4) is 0 Å². The molecule has 212 valence electrons. The standard InChI is InChI=1S/C27H52O8Si/c1-6-26(28)35-25(5)24-30-21-19-20-27(29)31-22-17-15-13-11-10-12-14-16-18-23-36(32-7-2,33-8-3)34-9-4/h6,25H,1,7-24H2,2-5H3. The van der Waals surface area contributed by atoms with Gasteiger partial charge in [-0.05, 0) is 47.0 Å². The van der Waals surface area contributed by atoms with Gasteiger partial charge in [-0.3, -0.25) is 4.79 Å². The fourth-order valence-corrected chi connectivity index (χ4v) is 6.47. The van der Waals surface area contributed by atoms with Crippen LogP contribution in [0.4, 0.5) is 0 Å². The molecule has 0 aliphatic rings. The highest BCUT2D eigenvalue weighted by Gasteiger charge is 2.39. The molecule has 8 nitrogen and oxygen atoms in total. The Balaban J connectivity index is 3.56. The molecule has 0 aliphatic heterocycles. The Hall–Kier alpha value is -1.26. The van der Waals surface area contributed by atoms with Crippen molar-refractivity contribution in [3.8, 4) is 0 Å². The van der Waals surface area contributed by atoms with Crippen molar-refractivity contribution in [2.24, 2.45) is 0 Å².